The topological polar surface area (TPSA) is 56.0 Å². The molecular weight excluding hydrogens is 152 g/mol. The molecule has 2 N–H and O–H groups in total. The molecule has 1 aromatic heterocycles. The molecule has 64 valence electrons. The summed E-state index contributed by atoms with van der Waals surface area (Å²) in [6, 6.07) is 1.62. The lowest BCUT2D eigenvalue weighted by molar-refractivity contribution is 0.112. The zero-order chi connectivity index (χ0) is 9.14. The number of carbonyl (C=O) groups is 1. The molecule has 0 aromatic carbocycles. The third kappa shape index (κ3) is 1.44. The van der Waals surface area contributed by atoms with Crippen molar-refractivity contribution in [2.75, 3.05) is 5.73 Å². The third-order valence-electron chi connectivity index (χ3n) is 1.73. The Morgan fingerprint density at radius 1 is 1.58 bits per heavy atom. The Kier molecular flexibility index (Phi) is 2.43. The zero-order valence-corrected chi connectivity index (χ0v) is 7.24. The first-order chi connectivity index (χ1) is 5.66. The number of anilines is 1. The Labute approximate surface area is 71.6 Å². The molecular formula is C9H12N2O. The third-order valence-corrected chi connectivity index (χ3v) is 1.73. The Morgan fingerprint density at radius 2 is 2.25 bits per heavy atom. The van der Waals surface area contributed by atoms with E-state index >= 15 is 0 Å². The summed E-state index contributed by atoms with van der Waals surface area (Å²) in [4.78, 5) is 14.6. The summed E-state index contributed by atoms with van der Waals surface area (Å²) in [5.41, 5.74) is 7.52. The minimum absolute atomic E-state index is 0.255. The molecule has 1 heterocycles. The van der Waals surface area contributed by atoms with Crippen LogP contribution in [0.25, 0.3) is 0 Å². The summed E-state index contributed by atoms with van der Waals surface area (Å²) in [6.07, 6.45) is 2.36. The molecule has 0 radical (unpaired) electrons. The lowest BCUT2D eigenvalue weighted by Crippen LogP contribution is -2.03. The number of hydrogen-bond acceptors (Lipinski definition) is 3. The quantitative estimate of drug-likeness (QED) is 0.675. The van der Waals surface area contributed by atoms with E-state index in [0.717, 1.165) is 12.0 Å². The van der Waals surface area contributed by atoms with E-state index in [4.69, 9.17) is 5.73 Å². The van der Waals surface area contributed by atoms with Gasteiger partial charge in [-0.1, -0.05) is 13.8 Å². The lowest BCUT2D eigenvalue weighted by atomic mass is 10.1. The Bertz CT molecular complexity index is 295. The number of rotatable bonds is 2. The highest BCUT2D eigenvalue weighted by molar-refractivity contribution is 5.83. The van der Waals surface area contributed by atoms with Crippen LogP contribution in [0.15, 0.2) is 12.3 Å². The van der Waals surface area contributed by atoms with Crippen molar-refractivity contribution < 1.29 is 4.79 Å². The van der Waals surface area contributed by atoms with Crippen molar-refractivity contribution in [2.24, 2.45) is 0 Å². The van der Waals surface area contributed by atoms with Gasteiger partial charge in [0.15, 0.2) is 6.29 Å². The maximum absolute atomic E-state index is 10.5. The first-order valence-electron chi connectivity index (χ1n) is 3.86. The normalized spacial score (nSPS) is 10.2. The van der Waals surface area contributed by atoms with Gasteiger partial charge in [-0.25, -0.2) is 0 Å². The van der Waals surface area contributed by atoms with Crippen molar-refractivity contribution in [1.82, 2.24) is 4.98 Å². The summed E-state index contributed by atoms with van der Waals surface area (Å²) >= 11 is 0. The van der Waals surface area contributed by atoms with E-state index in [0.29, 0.717) is 11.3 Å². The highest BCUT2D eigenvalue weighted by Crippen LogP contribution is 2.20. The second kappa shape index (κ2) is 3.34. The van der Waals surface area contributed by atoms with Gasteiger partial charge in [0.1, 0.15) is 0 Å². The molecule has 0 saturated carbocycles. The van der Waals surface area contributed by atoms with Gasteiger partial charge >= 0.3 is 0 Å². The molecule has 0 spiro atoms. The summed E-state index contributed by atoms with van der Waals surface area (Å²) in [5, 5.41) is 0. The van der Waals surface area contributed by atoms with Gasteiger partial charge in [0.2, 0.25) is 0 Å². The van der Waals surface area contributed by atoms with E-state index in [-0.39, 0.29) is 5.92 Å². The summed E-state index contributed by atoms with van der Waals surface area (Å²) in [6.45, 7) is 3.99. The van der Waals surface area contributed by atoms with Crippen molar-refractivity contribution in [3.63, 3.8) is 0 Å². The van der Waals surface area contributed by atoms with Crippen LogP contribution in [0.3, 0.4) is 0 Å². The van der Waals surface area contributed by atoms with E-state index in [1.807, 2.05) is 13.8 Å². The van der Waals surface area contributed by atoms with Gasteiger partial charge in [0, 0.05) is 11.8 Å². The highest BCUT2D eigenvalue weighted by Gasteiger charge is 2.08. The largest absolute Gasteiger partial charge is 0.397 e. The van der Waals surface area contributed by atoms with E-state index in [2.05, 4.69) is 4.98 Å². The van der Waals surface area contributed by atoms with Crippen molar-refractivity contribution in [1.29, 1.82) is 0 Å². The molecule has 0 unspecified atom stereocenters. The standard InChI is InChI=1S/C9H12N2O/c1-6(2)9-8(10)7(5-12)3-4-11-9/h3-6H,10H2,1-2H3. The average molecular weight is 164 g/mol. The SMILES string of the molecule is CC(C)c1nccc(C=O)c1N. The molecule has 0 aliphatic heterocycles. The van der Waals surface area contributed by atoms with Crippen LogP contribution in [0.4, 0.5) is 5.69 Å². The molecule has 0 aliphatic rings. The minimum atomic E-state index is 0.255. The molecule has 0 fully saturated rings. The monoisotopic (exact) mass is 164 g/mol. The van der Waals surface area contributed by atoms with Crippen molar-refractivity contribution in [3.05, 3.63) is 23.5 Å². The Hall–Kier alpha value is -1.38. The smallest absolute Gasteiger partial charge is 0.152 e. The highest BCUT2D eigenvalue weighted by atomic mass is 16.1. The minimum Gasteiger partial charge on any atom is -0.397 e. The lowest BCUT2D eigenvalue weighted by Gasteiger charge is -2.08. The number of aldehydes is 1. The molecule has 1 rings (SSSR count). The number of nitrogen functional groups attached to an aromatic ring is 1. The first kappa shape index (κ1) is 8.71. The van der Waals surface area contributed by atoms with E-state index in [1.54, 1.807) is 12.3 Å². The molecule has 0 aliphatic carbocycles. The fourth-order valence-electron chi connectivity index (χ4n) is 1.07. The number of nitrogens with two attached hydrogens (primary N) is 1. The molecule has 0 amide bonds. The van der Waals surface area contributed by atoms with Gasteiger partial charge in [-0.2, -0.15) is 0 Å². The second-order valence-electron chi connectivity index (χ2n) is 2.97. The van der Waals surface area contributed by atoms with Crippen LogP contribution in [0.1, 0.15) is 35.8 Å². The van der Waals surface area contributed by atoms with Gasteiger partial charge in [0.25, 0.3) is 0 Å². The molecule has 0 atom stereocenters. The number of pyridine rings is 1. The van der Waals surface area contributed by atoms with Gasteiger partial charge in [-0.15, -0.1) is 0 Å². The summed E-state index contributed by atoms with van der Waals surface area (Å²) in [5.74, 6) is 0.255. The summed E-state index contributed by atoms with van der Waals surface area (Å²) in [7, 11) is 0. The van der Waals surface area contributed by atoms with Crippen LogP contribution in [0, 0.1) is 0 Å². The van der Waals surface area contributed by atoms with Gasteiger partial charge < -0.3 is 5.73 Å². The molecule has 1 aromatic rings. The summed E-state index contributed by atoms with van der Waals surface area (Å²) < 4.78 is 0. The van der Waals surface area contributed by atoms with E-state index in [9.17, 15) is 4.79 Å². The van der Waals surface area contributed by atoms with Crippen LogP contribution in [0.5, 0.6) is 0 Å². The van der Waals surface area contributed by atoms with Gasteiger partial charge in [-0.3, -0.25) is 9.78 Å². The van der Waals surface area contributed by atoms with Crippen molar-refractivity contribution in [2.45, 2.75) is 19.8 Å². The Morgan fingerprint density at radius 3 is 2.75 bits per heavy atom. The maximum atomic E-state index is 10.5. The molecule has 3 heteroatoms. The molecule has 0 bridgehead atoms. The molecule has 0 saturated heterocycles. The van der Waals surface area contributed by atoms with Gasteiger partial charge in [0.05, 0.1) is 11.4 Å². The van der Waals surface area contributed by atoms with Crippen LogP contribution >= 0.6 is 0 Å². The second-order valence-corrected chi connectivity index (χ2v) is 2.97. The van der Waals surface area contributed by atoms with Crippen LogP contribution in [-0.2, 0) is 0 Å². The van der Waals surface area contributed by atoms with Crippen LogP contribution in [0.2, 0.25) is 0 Å². The van der Waals surface area contributed by atoms with Crippen molar-refractivity contribution >= 4 is 12.0 Å². The fraction of sp³-hybridized carbons (Fsp3) is 0.333. The molecule has 3 nitrogen and oxygen atoms in total. The number of nitrogens with zero attached hydrogens (tertiary/aromatic N) is 1. The van der Waals surface area contributed by atoms with Crippen molar-refractivity contribution in [3.8, 4) is 0 Å². The van der Waals surface area contributed by atoms with Crippen LogP contribution in [-0.4, -0.2) is 11.3 Å². The van der Waals surface area contributed by atoms with E-state index in [1.165, 1.54) is 0 Å². The maximum Gasteiger partial charge on any atom is 0.152 e. The zero-order valence-electron chi connectivity index (χ0n) is 7.24. The Balaban J connectivity index is 3.22. The van der Waals surface area contributed by atoms with E-state index < -0.39 is 0 Å². The first-order valence-corrected chi connectivity index (χ1v) is 3.86. The predicted octanol–water partition coefficient (Wildman–Crippen LogP) is 1.60. The fourth-order valence-corrected chi connectivity index (χ4v) is 1.07. The number of aromatic nitrogens is 1. The van der Waals surface area contributed by atoms with Gasteiger partial charge in [-0.05, 0) is 12.0 Å². The molecule has 12 heavy (non-hydrogen) atoms. The number of carbonyl (C=O) groups excluding carboxylic acids is 1. The average Bonchev–Trinajstić information content (AvgIpc) is 2.04. The predicted molar refractivity (Wildman–Crippen MR) is 48.1 cm³/mol. The number of hydrogen-bond donors (Lipinski definition) is 1. The van der Waals surface area contributed by atoms with Crippen LogP contribution < -0.4 is 5.73 Å².